The van der Waals surface area contributed by atoms with Crippen molar-refractivity contribution < 1.29 is 4.39 Å². The van der Waals surface area contributed by atoms with E-state index in [1.807, 2.05) is 12.3 Å². The smallest absolute Gasteiger partial charge is 0.123 e. The second-order valence-electron chi connectivity index (χ2n) is 2.86. The van der Waals surface area contributed by atoms with Gasteiger partial charge in [0.1, 0.15) is 5.82 Å². The van der Waals surface area contributed by atoms with Crippen LogP contribution >= 0.6 is 15.9 Å². The van der Waals surface area contributed by atoms with Gasteiger partial charge in [0, 0.05) is 17.7 Å². The van der Waals surface area contributed by atoms with Crippen LogP contribution in [0.15, 0.2) is 36.7 Å². The summed E-state index contributed by atoms with van der Waals surface area (Å²) in [5.41, 5.74) is 1.78. The largest absolute Gasteiger partial charge is 0.241 e. The van der Waals surface area contributed by atoms with E-state index in [0.717, 1.165) is 11.3 Å². The molecule has 1 heterocycles. The Morgan fingerprint density at radius 1 is 1.43 bits per heavy atom. The van der Waals surface area contributed by atoms with Gasteiger partial charge in [-0.1, -0.05) is 15.9 Å². The molecule has 0 bridgehead atoms. The van der Waals surface area contributed by atoms with Crippen molar-refractivity contribution in [3.63, 3.8) is 0 Å². The van der Waals surface area contributed by atoms with Crippen molar-refractivity contribution in [2.24, 2.45) is 0 Å². The van der Waals surface area contributed by atoms with Crippen molar-refractivity contribution in [1.29, 1.82) is 0 Å². The summed E-state index contributed by atoms with van der Waals surface area (Å²) in [5.74, 6) is -0.227. The fourth-order valence-corrected chi connectivity index (χ4v) is 1.75. The number of benzene rings is 1. The van der Waals surface area contributed by atoms with E-state index in [1.54, 1.807) is 16.9 Å². The molecule has 0 amide bonds. The van der Waals surface area contributed by atoms with Crippen LogP contribution in [0.4, 0.5) is 4.39 Å². The Morgan fingerprint density at radius 3 is 2.93 bits per heavy atom. The topological polar surface area (TPSA) is 17.8 Å². The van der Waals surface area contributed by atoms with Crippen LogP contribution in [0.1, 0.15) is 5.56 Å². The summed E-state index contributed by atoms with van der Waals surface area (Å²) in [4.78, 5) is 0. The highest BCUT2D eigenvalue weighted by Crippen LogP contribution is 2.17. The predicted molar refractivity (Wildman–Crippen MR) is 56.2 cm³/mol. The van der Waals surface area contributed by atoms with E-state index in [-0.39, 0.29) is 5.82 Å². The van der Waals surface area contributed by atoms with Crippen LogP contribution < -0.4 is 0 Å². The quantitative estimate of drug-likeness (QED) is 0.754. The third-order valence-corrected chi connectivity index (χ3v) is 2.54. The van der Waals surface area contributed by atoms with Gasteiger partial charge < -0.3 is 0 Å². The van der Waals surface area contributed by atoms with Gasteiger partial charge in [0.15, 0.2) is 0 Å². The minimum atomic E-state index is -0.227. The van der Waals surface area contributed by atoms with Crippen LogP contribution in [0.3, 0.4) is 0 Å². The lowest BCUT2D eigenvalue weighted by Gasteiger charge is -2.06. The van der Waals surface area contributed by atoms with Gasteiger partial charge in [0.2, 0.25) is 0 Å². The molecule has 0 saturated heterocycles. The highest BCUT2D eigenvalue weighted by atomic mass is 79.9. The van der Waals surface area contributed by atoms with E-state index in [4.69, 9.17) is 0 Å². The molecule has 0 N–H and O–H groups in total. The molecule has 0 saturated carbocycles. The van der Waals surface area contributed by atoms with Crippen molar-refractivity contribution in [1.82, 2.24) is 9.78 Å². The lowest BCUT2D eigenvalue weighted by Crippen LogP contribution is -1.99. The Hall–Kier alpha value is -1.16. The van der Waals surface area contributed by atoms with Gasteiger partial charge >= 0.3 is 0 Å². The molecule has 0 aliphatic heterocycles. The first-order chi connectivity index (χ1) is 6.81. The van der Waals surface area contributed by atoms with E-state index < -0.39 is 0 Å². The van der Waals surface area contributed by atoms with E-state index in [2.05, 4.69) is 21.0 Å². The van der Waals surface area contributed by atoms with Crippen LogP contribution in [0.5, 0.6) is 0 Å². The number of aromatic nitrogens is 2. The molecular formula is C10H8BrFN2. The molecule has 0 aliphatic rings. The molecule has 0 radical (unpaired) electrons. The van der Waals surface area contributed by atoms with E-state index >= 15 is 0 Å². The highest BCUT2D eigenvalue weighted by Gasteiger charge is 2.04. The van der Waals surface area contributed by atoms with Crippen LogP contribution in [0.2, 0.25) is 0 Å². The molecule has 72 valence electrons. The van der Waals surface area contributed by atoms with Gasteiger partial charge in [-0.3, -0.25) is 0 Å². The molecule has 1 aromatic heterocycles. The average molecular weight is 255 g/mol. The van der Waals surface area contributed by atoms with E-state index in [9.17, 15) is 4.39 Å². The fourth-order valence-electron chi connectivity index (χ4n) is 1.30. The number of alkyl halides is 1. The standard InChI is InChI=1S/C10H8BrFN2/c11-7-8-6-9(12)2-3-10(8)14-5-1-4-13-14/h1-6H,7H2. The Labute approximate surface area is 89.5 Å². The summed E-state index contributed by atoms with van der Waals surface area (Å²) >= 11 is 3.32. The number of nitrogens with zero attached hydrogens (tertiary/aromatic N) is 2. The molecule has 2 aromatic rings. The lowest BCUT2D eigenvalue weighted by atomic mass is 10.2. The van der Waals surface area contributed by atoms with Crippen molar-refractivity contribution in [2.75, 3.05) is 0 Å². The molecule has 0 fully saturated rings. The zero-order valence-electron chi connectivity index (χ0n) is 7.32. The monoisotopic (exact) mass is 254 g/mol. The first-order valence-electron chi connectivity index (χ1n) is 4.15. The zero-order valence-corrected chi connectivity index (χ0v) is 8.91. The minimum absolute atomic E-state index is 0.227. The van der Waals surface area contributed by atoms with E-state index in [0.29, 0.717) is 5.33 Å². The van der Waals surface area contributed by atoms with Crippen molar-refractivity contribution in [3.05, 3.63) is 48.0 Å². The maximum absolute atomic E-state index is 12.9. The van der Waals surface area contributed by atoms with Gasteiger partial charge in [0.25, 0.3) is 0 Å². The Morgan fingerprint density at radius 2 is 2.29 bits per heavy atom. The van der Waals surface area contributed by atoms with Gasteiger partial charge in [-0.25, -0.2) is 9.07 Å². The summed E-state index contributed by atoms with van der Waals surface area (Å²) in [6, 6.07) is 6.50. The minimum Gasteiger partial charge on any atom is -0.241 e. The SMILES string of the molecule is Fc1ccc(-n2cccn2)c(CBr)c1. The first-order valence-corrected chi connectivity index (χ1v) is 5.28. The van der Waals surface area contributed by atoms with Crippen LogP contribution in [0, 0.1) is 5.82 Å². The third-order valence-electron chi connectivity index (χ3n) is 1.94. The second kappa shape index (κ2) is 3.92. The van der Waals surface area contributed by atoms with Gasteiger partial charge in [-0.15, -0.1) is 0 Å². The summed E-state index contributed by atoms with van der Waals surface area (Å²) < 4.78 is 14.6. The zero-order chi connectivity index (χ0) is 9.97. The molecule has 0 aliphatic carbocycles. The van der Waals surface area contributed by atoms with Crippen LogP contribution in [-0.4, -0.2) is 9.78 Å². The highest BCUT2D eigenvalue weighted by molar-refractivity contribution is 9.08. The van der Waals surface area contributed by atoms with E-state index in [1.165, 1.54) is 12.1 Å². The average Bonchev–Trinajstić information content (AvgIpc) is 2.70. The molecule has 0 unspecified atom stereocenters. The normalized spacial score (nSPS) is 10.4. The number of hydrogen-bond donors (Lipinski definition) is 0. The molecule has 1 aromatic carbocycles. The molecule has 4 heteroatoms. The Bertz CT molecular complexity index is 426. The Kier molecular flexibility index (Phi) is 2.63. The fraction of sp³-hybridized carbons (Fsp3) is 0.100. The van der Waals surface area contributed by atoms with Gasteiger partial charge in [0.05, 0.1) is 5.69 Å². The van der Waals surface area contributed by atoms with Gasteiger partial charge in [-0.05, 0) is 29.8 Å². The van der Waals surface area contributed by atoms with Crippen molar-refractivity contribution in [2.45, 2.75) is 5.33 Å². The Balaban J connectivity index is 2.53. The number of halogens is 2. The summed E-state index contributed by atoms with van der Waals surface area (Å²) in [5, 5.41) is 4.71. The summed E-state index contributed by atoms with van der Waals surface area (Å²) in [7, 11) is 0. The maximum Gasteiger partial charge on any atom is 0.123 e. The van der Waals surface area contributed by atoms with Gasteiger partial charge in [-0.2, -0.15) is 5.10 Å². The summed E-state index contributed by atoms with van der Waals surface area (Å²) in [6.45, 7) is 0. The maximum atomic E-state index is 12.9. The van der Waals surface area contributed by atoms with Crippen molar-refractivity contribution >= 4 is 15.9 Å². The molecule has 0 atom stereocenters. The molecule has 2 rings (SSSR count). The predicted octanol–water partition coefficient (Wildman–Crippen LogP) is 2.91. The van der Waals surface area contributed by atoms with Crippen molar-refractivity contribution in [3.8, 4) is 5.69 Å². The first kappa shape index (κ1) is 9.40. The summed E-state index contributed by atoms with van der Waals surface area (Å²) in [6.07, 6.45) is 3.53. The van der Waals surface area contributed by atoms with Crippen LogP contribution in [0.25, 0.3) is 5.69 Å². The molecule has 0 spiro atoms. The molecular weight excluding hydrogens is 247 g/mol. The third kappa shape index (κ3) is 1.70. The lowest BCUT2D eigenvalue weighted by molar-refractivity contribution is 0.625. The van der Waals surface area contributed by atoms with Crippen LogP contribution in [-0.2, 0) is 5.33 Å². The number of hydrogen-bond acceptors (Lipinski definition) is 1. The second-order valence-corrected chi connectivity index (χ2v) is 3.42. The molecule has 2 nitrogen and oxygen atoms in total. The molecule has 14 heavy (non-hydrogen) atoms. The number of rotatable bonds is 2.